The van der Waals surface area contributed by atoms with Crippen LogP contribution in [-0.2, 0) is 17.9 Å². The maximum Gasteiger partial charge on any atom is 0.268 e. The zero-order valence-corrected chi connectivity index (χ0v) is 12.8. The van der Waals surface area contributed by atoms with Crippen molar-refractivity contribution < 1.29 is 4.79 Å². The Kier molecular flexibility index (Phi) is 5.30. The first-order valence-corrected chi connectivity index (χ1v) is 7.13. The minimum absolute atomic E-state index is 0.112. The molecule has 0 saturated carbocycles. The van der Waals surface area contributed by atoms with E-state index >= 15 is 0 Å². The van der Waals surface area contributed by atoms with E-state index in [4.69, 9.17) is 0 Å². The standard InChI is InChI=1S/C16H20N4O2/c1-17-15(21)8-9-20-16(22)10-14(11-18-20)19(2)12-13-6-4-3-5-7-13/h3-7,10-11H,8-9,12H2,1-2H3,(H,17,21). The number of carbonyl (C=O) groups is 1. The van der Waals surface area contributed by atoms with Gasteiger partial charge in [0.15, 0.2) is 0 Å². The molecule has 1 N–H and O–H groups in total. The van der Waals surface area contributed by atoms with E-state index in [2.05, 4.69) is 10.4 Å². The lowest BCUT2D eigenvalue weighted by Gasteiger charge is -2.19. The van der Waals surface area contributed by atoms with E-state index < -0.39 is 0 Å². The molecule has 116 valence electrons. The average molecular weight is 300 g/mol. The summed E-state index contributed by atoms with van der Waals surface area (Å²) in [4.78, 5) is 25.2. The second-order valence-corrected chi connectivity index (χ2v) is 5.04. The highest BCUT2D eigenvalue weighted by atomic mass is 16.1. The molecule has 1 aromatic carbocycles. The van der Waals surface area contributed by atoms with Gasteiger partial charge in [0.2, 0.25) is 5.91 Å². The van der Waals surface area contributed by atoms with Gasteiger partial charge in [0.25, 0.3) is 5.56 Å². The number of aryl methyl sites for hydroxylation is 1. The molecule has 0 atom stereocenters. The maximum absolute atomic E-state index is 12.0. The maximum atomic E-state index is 12.0. The SMILES string of the molecule is CNC(=O)CCn1ncc(N(C)Cc2ccccc2)cc1=O. The third kappa shape index (κ3) is 4.18. The first kappa shape index (κ1) is 15.8. The van der Waals surface area contributed by atoms with Crippen LogP contribution in [0.4, 0.5) is 5.69 Å². The fourth-order valence-electron chi connectivity index (χ4n) is 2.08. The van der Waals surface area contributed by atoms with Crippen LogP contribution in [0.25, 0.3) is 0 Å². The summed E-state index contributed by atoms with van der Waals surface area (Å²) in [6.07, 6.45) is 1.89. The Balaban J connectivity index is 2.05. The second kappa shape index (κ2) is 7.40. The molecular formula is C16H20N4O2. The van der Waals surface area contributed by atoms with Crippen molar-refractivity contribution in [2.75, 3.05) is 19.0 Å². The number of nitrogens with one attached hydrogen (secondary N) is 1. The Labute approximate surface area is 129 Å². The van der Waals surface area contributed by atoms with Gasteiger partial charge in [0.05, 0.1) is 18.4 Å². The molecule has 0 spiro atoms. The van der Waals surface area contributed by atoms with Crippen LogP contribution in [0, 0.1) is 0 Å². The quantitative estimate of drug-likeness (QED) is 0.865. The molecule has 22 heavy (non-hydrogen) atoms. The number of nitrogens with zero attached hydrogens (tertiary/aromatic N) is 3. The van der Waals surface area contributed by atoms with Crippen molar-refractivity contribution in [2.24, 2.45) is 0 Å². The number of rotatable bonds is 6. The van der Waals surface area contributed by atoms with Crippen LogP contribution in [0.3, 0.4) is 0 Å². The first-order chi connectivity index (χ1) is 10.6. The smallest absolute Gasteiger partial charge is 0.268 e. The van der Waals surface area contributed by atoms with Crippen molar-refractivity contribution in [3.8, 4) is 0 Å². The lowest BCUT2D eigenvalue weighted by Crippen LogP contribution is -2.28. The van der Waals surface area contributed by atoms with Crippen LogP contribution in [0.5, 0.6) is 0 Å². The fraction of sp³-hybridized carbons (Fsp3) is 0.312. The van der Waals surface area contributed by atoms with Gasteiger partial charge in [-0.1, -0.05) is 30.3 Å². The number of amides is 1. The predicted molar refractivity (Wildman–Crippen MR) is 85.7 cm³/mol. The second-order valence-electron chi connectivity index (χ2n) is 5.04. The van der Waals surface area contributed by atoms with Crippen LogP contribution in [0.1, 0.15) is 12.0 Å². The van der Waals surface area contributed by atoms with E-state index in [0.29, 0.717) is 6.54 Å². The summed E-state index contributed by atoms with van der Waals surface area (Å²) in [6.45, 7) is 0.978. The van der Waals surface area contributed by atoms with Gasteiger partial charge in [-0.2, -0.15) is 5.10 Å². The zero-order valence-electron chi connectivity index (χ0n) is 12.8. The molecule has 0 aliphatic carbocycles. The van der Waals surface area contributed by atoms with Gasteiger partial charge in [-0.15, -0.1) is 0 Å². The van der Waals surface area contributed by atoms with Gasteiger partial charge < -0.3 is 10.2 Å². The third-order valence-corrected chi connectivity index (χ3v) is 3.39. The Bertz CT molecular complexity index is 682. The van der Waals surface area contributed by atoms with E-state index in [9.17, 15) is 9.59 Å². The lowest BCUT2D eigenvalue weighted by atomic mass is 10.2. The molecule has 2 aromatic rings. The predicted octanol–water partition coefficient (Wildman–Crippen LogP) is 1.02. The summed E-state index contributed by atoms with van der Waals surface area (Å²) in [5.41, 5.74) is 1.71. The van der Waals surface area contributed by atoms with Gasteiger partial charge in [0.1, 0.15) is 0 Å². The molecule has 1 amide bonds. The van der Waals surface area contributed by atoms with Gasteiger partial charge in [-0.25, -0.2) is 4.68 Å². The molecule has 0 unspecified atom stereocenters. The van der Waals surface area contributed by atoms with E-state index in [-0.39, 0.29) is 24.4 Å². The zero-order chi connectivity index (χ0) is 15.9. The van der Waals surface area contributed by atoms with Crippen molar-refractivity contribution in [3.63, 3.8) is 0 Å². The van der Waals surface area contributed by atoms with Gasteiger partial charge in [0, 0.05) is 33.1 Å². The van der Waals surface area contributed by atoms with Crippen LogP contribution in [0.15, 0.2) is 47.4 Å². The van der Waals surface area contributed by atoms with Crippen molar-refractivity contribution in [2.45, 2.75) is 19.5 Å². The Hall–Kier alpha value is -2.63. The number of benzene rings is 1. The molecule has 0 saturated heterocycles. The number of aromatic nitrogens is 2. The highest BCUT2D eigenvalue weighted by molar-refractivity contribution is 5.75. The minimum atomic E-state index is -0.207. The summed E-state index contributed by atoms with van der Waals surface area (Å²) >= 11 is 0. The van der Waals surface area contributed by atoms with Gasteiger partial charge in [-0.05, 0) is 5.56 Å². The molecule has 6 nitrogen and oxygen atoms in total. The van der Waals surface area contributed by atoms with Crippen LogP contribution in [-0.4, -0.2) is 29.8 Å². The molecule has 0 fully saturated rings. The van der Waals surface area contributed by atoms with Crippen LogP contribution in [0.2, 0.25) is 0 Å². The Morgan fingerprint density at radius 2 is 2.05 bits per heavy atom. The van der Waals surface area contributed by atoms with Crippen molar-refractivity contribution in [1.29, 1.82) is 0 Å². The number of carbonyl (C=O) groups excluding carboxylic acids is 1. The van der Waals surface area contributed by atoms with Gasteiger partial charge in [-0.3, -0.25) is 9.59 Å². The van der Waals surface area contributed by atoms with Gasteiger partial charge >= 0.3 is 0 Å². The summed E-state index contributed by atoms with van der Waals surface area (Å²) in [5, 5.41) is 6.65. The van der Waals surface area contributed by atoms with Crippen molar-refractivity contribution >= 4 is 11.6 Å². The largest absolute Gasteiger partial charge is 0.369 e. The third-order valence-electron chi connectivity index (χ3n) is 3.39. The van der Waals surface area contributed by atoms with Crippen LogP contribution >= 0.6 is 0 Å². The Morgan fingerprint density at radius 3 is 2.68 bits per heavy atom. The Morgan fingerprint density at radius 1 is 1.32 bits per heavy atom. The fourth-order valence-corrected chi connectivity index (χ4v) is 2.08. The molecule has 0 aliphatic heterocycles. The monoisotopic (exact) mass is 300 g/mol. The average Bonchev–Trinajstić information content (AvgIpc) is 2.54. The molecule has 6 heteroatoms. The molecular weight excluding hydrogens is 280 g/mol. The van der Waals surface area contributed by atoms with Crippen LogP contribution < -0.4 is 15.8 Å². The molecule has 0 radical (unpaired) electrons. The normalized spacial score (nSPS) is 10.3. The highest BCUT2D eigenvalue weighted by Gasteiger charge is 2.07. The molecule has 2 rings (SSSR count). The van der Waals surface area contributed by atoms with Crippen molar-refractivity contribution in [1.82, 2.24) is 15.1 Å². The van der Waals surface area contributed by atoms with Crippen molar-refractivity contribution in [3.05, 3.63) is 58.5 Å². The molecule has 1 aromatic heterocycles. The number of anilines is 1. The first-order valence-electron chi connectivity index (χ1n) is 7.13. The van der Waals surface area contributed by atoms with E-state index in [0.717, 1.165) is 11.3 Å². The summed E-state index contributed by atoms with van der Waals surface area (Å²) in [6, 6.07) is 11.6. The highest BCUT2D eigenvalue weighted by Crippen LogP contribution is 2.11. The summed E-state index contributed by atoms with van der Waals surface area (Å²) in [5.74, 6) is -0.112. The van der Waals surface area contributed by atoms with E-state index in [1.54, 1.807) is 19.3 Å². The topological polar surface area (TPSA) is 67.2 Å². The molecule has 1 heterocycles. The van der Waals surface area contributed by atoms with E-state index in [1.807, 2.05) is 42.3 Å². The minimum Gasteiger partial charge on any atom is -0.369 e. The van der Waals surface area contributed by atoms with E-state index in [1.165, 1.54) is 4.68 Å². The molecule has 0 aliphatic rings. The number of hydrogen-bond acceptors (Lipinski definition) is 4. The lowest BCUT2D eigenvalue weighted by molar-refractivity contribution is -0.120. The summed E-state index contributed by atoms with van der Waals surface area (Å²) in [7, 11) is 3.48. The number of hydrogen-bond donors (Lipinski definition) is 1. The molecule has 0 bridgehead atoms. The summed E-state index contributed by atoms with van der Waals surface area (Å²) < 4.78 is 1.30.